The number of aromatic nitrogens is 2. The van der Waals surface area contributed by atoms with Crippen LogP contribution in [0.3, 0.4) is 0 Å². The van der Waals surface area contributed by atoms with Crippen LogP contribution in [0.1, 0.15) is 40.2 Å². The standard InChI is InChI=1S/C19H14F6N4O2/c20-18(21,22)10-3-1-4-11(7-10)27-17(30)12-9-26-29-15(19(23,24)25)8-13(28-16(12)29)14-5-2-6-31-14/h1-7,9,13,15,28H,8H2,(H,27,30)/t13-,15-/m0/s1. The van der Waals surface area contributed by atoms with Crippen molar-refractivity contribution in [3.8, 4) is 0 Å². The van der Waals surface area contributed by atoms with Gasteiger partial charge in [-0.05, 0) is 30.3 Å². The SMILES string of the molecule is O=C(Nc1cccc(C(F)(F)F)c1)c1cnn2c1N[C@H](c1ccco1)C[C@H]2C(F)(F)F. The summed E-state index contributed by atoms with van der Waals surface area (Å²) in [6, 6.07) is 4.02. The number of carbonyl (C=O) groups is 1. The maximum atomic E-state index is 13.6. The third-order valence-electron chi connectivity index (χ3n) is 4.82. The molecule has 0 unspecified atom stereocenters. The zero-order valence-corrected chi connectivity index (χ0v) is 15.5. The van der Waals surface area contributed by atoms with Crippen LogP contribution >= 0.6 is 0 Å². The molecule has 0 spiro atoms. The number of halogens is 6. The van der Waals surface area contributed by atoms with Gasteiger partial charge in [0.25, 0.3) is 5.91 Å². The summed E-state index contributed by atoms with van der Waals surface area (Å²) in [6.45, 7) is 0. The van der Waals surface area contributed by atoms with Gasteiger partial charge in [0.2, 0.25) is 0 Å². The second-order valence-electron chi connectivity index (χ2n) is 6.89. The van der Waals surface area contributed by atoms with Gasteiger partial charge in [-0.25, -0.2) is 4.68 Å². The minimum absolute atomic E-state index is 0.162. The van der Waals surface area contributed by atoms with Crippen molar-refractivity contribution < 1.29 is 35.6 Å². The molecule has 2 aromatic heterocycles. The Morgan fingerprint density at radius 2 is 1.94 bits per heavy atom. The molecule has 0 bridgehead atoms. The van der Waals surface area contributed by atoms with E-state index in [1.54, 1.807) is 0 Å². The highest BCUT2D eigenvalue weighted by molar-refractivity contribution is 6.07. The van der Waals surface area contributed by atoms with Gasteiger partial charge >= 0.3 is 12.4 Å². The molecule has 0 saturated heterocycles. The molecule has 1 aliphatic heterocycles. The molecule has 0 aliphatic carbocycles. The molecule has 0 radical (unpaired) electrons. The number of anilines is 2. The molecule has 0 saturated carbocycles. The van der Waals surface area contributed by atoms with Crippen LogP contribution in [-0.4, -0.2) is 21.9 Å². The predicted molar refractivity (Wildman–Crippen MR) is 96.4 cm³/mol. The fourth-order valence-corrected chi connectivity index (χ4v) is 3.38. The minimum atomic E-state index is -4.65. The van der Waals surface area contributed by atoms with Crippen molar-refractivity contribution in [1.82, 2.24) is 9.78 Å². The molecule has 6 nitrogen and oxygen atoms in total. The van der Waals surface area contributed by atoms with Crippen LogP contribution in [0.5, 0.6) is 0 Å². The molecule has 2 N–H and O–H groups in total. The lowest BCUT2D eigenvalue weighted by Gasteiger charge is -2.32. The summed E-state index contributed by atoms with van der Waals surface area (Å²) in [5.74, 6) is -0.875. The van der Waals surface area contributed by atoms with E-state index in [1.807, 2.05) is 0 Å². The third kappa shape index (κ3) is 4.09. The fraction of sp³-hybridized carbons (Fsp3) is 0.263. The van der Waals surface area contributed by atoms with Gasteiger partial charge in [-0.1, -0.05) is 6.07 Å². The van der Waals surface area contributed by atoms with Crippen LogP contribution in [0.4, 0.5) is 37.8 Å². The molecule has 1 amide bonds. The molecule has 0 fully saturated rings. The predicted octanol–water partition coefficient (Wildman–Crippen LogP) is 5.41. The van der Waals surface area contributed by atoms with Crippen molar-refractivity contribution in [3.63, 3.8) is 0 Å². The molecular weight excluding hydrogens is 430 g/mol. The molecule has 3 aromatic rings. The van der Waals surface area contributed by atoms with Crippen LogP contribution in [0.15, 0.2) is 53.3 Å². The van der Waals surface area contributed by atoms with E-state index in [-0.39, 0.29) is 22.8 Å². The summed E-state index contributed by atoms with van der Waals surface area (Å²) >= 11 is 0. The second-order valence-corrected chi connectivity index (χ2v) is 6.89. The number of nitrogens with zero attached hydrogens (tertiary/aromatic N) is 2. The molecule has 4 rings (SSSR count). The molecule has 2 atom stereocenters. The summed E-state index contributed by atoms with van der Waals surface area (Å²) in [5.41, 5.74) is -1.39. The highest BCUT2D eigenvalue weighted by atomic mass is 19.4. The molecule has 1 aromatic carbocycles. The van der Waals surface area contributed by atoms with Gasteiger partial charge in [-0.15, -0.1) is 0 Å². The first-order valence-electron chi connectivity index (χ1n) is 8.97. The first kappa shape index (κ1) is 20.8. The Bertz CT molecular complexity index is 1090. The Hall–Kier alpha value is -3.44. The topological polar surface area (TPSA) is 72.1 Å². The van der Waals surface area contributed by atoms with Crippen molar-refractivity contribution in [2.24, 2.45) is 0 Å². The number of hydrogen-bond donors (Lipinski definition) is 2. The van der Waals surface area contributed by atoms with E-state index in [4.69, 9.17) is 4.42 Å². The van der Waals surface area contributed by atoms with Gasteiger partial charge in [-0.3, -0.25) is 4.79 Å². The van der Waals surface area contributed by atoms with Crippen LogP contribution in [0.2, 0.25) is 0 Å². The van der Waals surface area contributed by atoms with E-state index in [1.165, 1.54) is 24.5 Å². The highest BCUT2D eigenvalue weighted by Crippen LogP contribution is 2.44. The first-order chi connectivity index (χ1) is 14.5. The molecule has 12 heteroatoms. The number of amides is 1. The molecule has 1 aliphatic rings. The first-order valence-corrected chi connectivity index (χ1v) is 8.97. The van der Waals surface area contributed by atoms with E-state index >= 15 is 0 Å². The number of rotatable bonds is 3. The van der Waals surface area contributed by atoms with E-state index in [2.05, 4.69) is 15.7 Å². The van der Waals surface area contributed by atoms with Crippen LogP contribution in [0.25, 0.3) is 0 Å². The van der Waals surface area contributed by atoms with Gasteiger partial charge in [0.1, 0.15) is 17.1 Å². The number of carbonyl (C=O) groups excluding carboxylic acids is 1. The summed E-state index contributed by atoms with van der Waals surface area (Å²) in [6.07, 6.45) is -7.43. The monoisotopic (exact) mass is 444 g/mol. The van der Waals surface area contributed by atoms with Crippen molar-refractivity contribution in [1.29, 1.82) is 0 Å². The Balaban J connectivity index is 1.66. The summed E-state index contributed by atoms with van der Waals surface area (Å²) in [7, 11) is 0. The zero-order valence-electron chi connectivity index (χ0n) is 15.5. The summed E-state index contributed by atoms with van der Waals surface area (Å²) < 4.78 is 85.4. The average Bonchev–Trinajstić information content (AvgIpc) is 3.36. The highest BCUT2D eigenvalue weighted by Gasteiger charge is 2.47. The summed E-state index contributed by atoms with van der Waals surface area (Å²) in [4.78, 5) is 12.7. The van der Waals surface area contributed by atoms with Crippen molar-refractivity contribution in [3.05, 3.63) is 65.7 Å². The Kier molecular flexibility index (Phi) is 4.94. The van der Waals surface area contributed by atoms with E-state index in [9.17, 15) is 31.1 Å². The second kappa shape index (κ2) is 7.36. The number of hydrogen-bond acceptors (Lipinski definition) is 4. The Morgan fingerprint density at radius 3 is 2.58 bits per heavy atom. The Labute approximate surface area is 170 Å². The lowest BCUT2D eigenvalue weighted by molar-refractivity contribution is -0.174. The van der Waals surface area contributed by atoms with Gasteiger partial charge in [0, 0.05) is 12.1 Å². The van der Waals surface area contributed by atoms with Crippen molar-refractivity contribution >= 4 is 17.4 Å². The van der Waals surface area contributed by atoms with E-state index in [0.29, 0.717) is 4.68 Å². The number of fused-ring (bicyclic) bond motifs is 1. The average molecular weight is 444 g/mol. The fourth-order valence-electron chi connectivity index (χ4n) is 3.38. The van der Waals surface area contributed by atoms with E-state index < -0.39 is 42.3 Å². The van der Waals surface area contributed by atoms with Crippen molar-refractivity contribution in [2.45, 2.75) is 30.9 Å². The molecule has 164 valence electrons. The molecule has 3 heterocycles. The van der Waals surface area contributed by atoms with Gasteiger partial charge in [0.15, 0.2) is 6.04 Å². The minimum Gasteiger partial charge on any atom is -0.467 e. The summed E-state index contributed by atoms with van der Waals surface area (Å²) in [5, 5.41) is 8.79. The molecule has 31 heavy (non-hydrogen) atoms. The smallest absolute Gasteiger partial charge is 0.416 e. The van der Waals surface area contributed by atoms with Gasteiger partial charge in [-0.2, -0.15) is 31.4 Å². The largest absolute Gasteiger partial charge is 0.467 e. The normalized spacial score (nSPS) is 18.9. The maximum absolute atomic E-state index is 13.6. The quantitative estimate of drug-likeness (QED) is 0.530. The Morgan fingerprint density at radius 1 is 1.16 bits per heavy atom. The number of benzene rings is 1. The lowest BCUT2D eigenvalue weighted by Crippen LogP contribution is -2.36. The number of furan rings is 1. The lowest BCUT2D eigenvalue weighted by atomic mass is 10.0. The van der Waals surface area contributed by atoms with Gasteiger partial charge < -0.3 is 15.1 Å². The number of alkyl halides is 6. The van der Waals surface area contributed by atoms with Crippen LogP contribution < -0.4 is 10.6 Å². The zero-order chi connectivity index (χ0) is 22.4. The van der Waals surface area contributed by atoms with Gasteiger partial charge in [0.05, 0.1) is 24.1 Å². The van der Waals surface area contributed by atoms with Crippen LogP contribution in [0, 0.1) is 0 Å². The van der Waals surface area contributed by atoms with E-state index in [0.717, 1.165) is 24.4 Å². The molecular formula is C19H14F6N4O2. The van der Waals surface area contributed by atoms with Crippen LogP contribution in [-0.2, 0) is 6.18 Å². The number of nitrogens with one attached hydrogen (secondary N) is 2. The van der Waals surface area contributed by atoms with Crippen molar-refractivity contribution in [2.75, 3.05) is 10.6 Å². The third-order valence-corrected chi connectivity index (χ3v) is 4.82. The maximum Gasteiger partial charge on any atom is 0.416 e.